The lowest BCUT2D eigenvalue weighted by molar-refractivity contribution is -0.114. The number of hydrogen-bond acceptors (Lipinski definition) is 5. The van der Waals surface area contributed by atoms with E-state index in [0.717, 1.165) is 21.8 Å². The Hall–Kier alpha value is -4.56. The molecule has 2 heterocycles. The number of ether oxygens (including phenoxy) is 1. The molecule has 2 aliphatic rings. The standard InChI is InChI=1S/C32H27N3O4S/c1-39-25-10-6-9-24(18-25)33-30(36)20-35-27-17-22(31(37)34-16-15-21-7-2-3-8-23(21)19-34)13-14-29(27)40-28-12-5-4-11-26(28)32(35)38/h2-14,17-18H,15-16,19-20H2,1H3,(H,33,36). The molecule has 0 saturated carbocycles. The van der Waals surface area contributed by atoms with Crippen molar-refractivity contribution in [2.45, 2.75) is 22.8 Å². The molecule has 4 aromatic rings. The first-order chi connectivity index (χ1) is 19.5. The number of hydrogen-bond donors (Lipinski definition) is 1. The number of methoxy groups -OCH3 is 1. The summed E-state index contributed by atoms with van der Waals surface area (Å²) < 4.78 is 5.26. The highest BCUT2D eigenvalue weighted by Crippen LogP contribution is 2.42. The number of anilines is 2. The van der Waals surface area contributed by atoms with Gasteiger partial charge in [-0.15, -0.1) is 0 Å². The van der Waals surface area contributed by atoms with E-state index in [1.807, 2.05) is 47.4 Å². The third-order valence-corrected chi connectivity index (χ3v) is 8.29. The molecule has 0 atom stereocenters. The van der Waals surface area contributed by atoms with E-state index < -0.39 is 0 Å². The summed E-state index contributed by atoms with van der Waals surface area (Å²) in [5, 5.41) is 2.86. The van der Waals surface area contributed by atoms with Gasteiger partial charge < -0.3 is 15.0 Å². The van der Waals surface area contributed by atoms with Gasteiger partial charge in [-0.1, -0.05) is 54.2 Å². The Labute approximate surface area is 236 Å². The highest BCUT2D eigenvalue weighted by molar-refractivity contribution is 7.99. The number of carbonyl (C=O) groups excluding carboxylic acids is 3. The van der Waals surface area contributed by atoms with Gasteiger partial charge in [0.25, 0.3) is 11.8 Å². The number of nitrogens with zero attached hydrogens (tertiary/aromatic N) is 2. The SMILES string of the molecule is COc1cccc(NC(=O)CN2C(=O)c3ccccc3Sc3ccc(C(=O)N4CCc5ccccc5C4)cc32)c1. The zero-order valence-electron chi connectivity index (χ0n) is 21.9. The van der Waals surface area contributed by atoms with Crippen molar-refractivity contribution in [1.82, 2.24) is 4.90 Å². The fourth-order valence-electron chi connectivity index (χ4n) is 5.11. The van der Waals surface area contributed by atoms with Crippen LogP contribution in [0.1, 0.15) is 31.8 Å². The Morgan fingerprint density at radius 3 is 2.55 bits per heavy atom. The molecule has 7 nitrogen and oxygen atoms in total. The zero-order valence-corrected chi connectivity index (χ0v) is 22.7. The molecule has 4 aromatic carbocycles. The molecular weight excluding hydrogens is 522 g/mol. The Balaban J connectivity index is 1.32. The van der Waals surface area contributed by atoms with Crippen LogP contribution >= 0.6 is 11.8 Å². The number of amides is 3. The third-order valence-electron chi connectivity index (χ3n) is 7.15. The van der Waals surface area contributed by atoms with Crippen LogP contribution < -0.4 is 15.0 Å². The predicted octanol–water partition coefficient (Wildman–Crippen LogP) is 5.64. The van der Waals surface area contributed by atoms with Crippen molar-refractivity contribution in [3.63, 3.8) is 0 Å². The number of carbonyl (C=O) groups is 3. The highest BCUT2D eigenvalue weighted by atomic mass is 32.2. The quantitative estimate of drug-likeness (QED) is 0.348. The van der Waals surface area contributed by atoms with Crippen molar-refractivity contribution in [3.05, 3.63) is 113 Å². The van der Waals surface area contributed by atoms with E-state index in [9.17, 15) is 14.4 Å². The van der Waals surface area contributed by atoms with Gasteiger partial charge in [0.1, 0.15) is 12.3 Å². The summed E-state index contributed by atoms with van der Waals surface area (Å²) in [4.78, 5) is 45.6. The summed E-state index contributed by atoms with van der Waals surface area (Å²) in [6, 6.07) is 28.0. The molecule has 0 bridgehead atoms. The van der Waals surface area contributed by atoms with E-state index in [1.54, 1.807) is 43.5 Å². The lowest BCUT2D eigenvalue weighted by Crippen LogP contribution is -2.39. The van der Waals surface area contributed by atoms with Gasteiger partial charge in [0.05, 0.1) is 18.4 Å². The molecule has 2 aliphatic heterocycles. The van der Waals surface area contributed by atoms with Crippen LogP contribution in [-0.2, 0) is 17.8 Å². The second-order valence-corrected chi connectivity index (χ2v) is 10.8. The lowest BCUT2D eigenvalue weighted by Gasteiger charge is -2.29. The lowest BCUT2D eigenvalue weighted by atomic mass is 9.99. The monoisotopic (exact) mass is 549 g/mol. The van der Waals surface area contributed by atoms with E-state index in [2.05, 4.69) is 17.4 Å². The van der Waals surface area contributed by atoms with Gasteiger partial charge in [0, 0.05) is 40.2 Å². The summed E-state index contributed by atoms with van der Waals surface area (Å²) in [6.45, 7) is 0.948. The van der Waals surface area contributed by atoms with Gasteiger partial charge in [-0.3, -0.25) is 19.3 Å². The van der Waals surface area contributed by atoms with Crippen LogP contribution in [0.3, 0.4) is 0 Å². The molecule has 6 rings (SSSR count). The van der Waals surface area contributed by atoms with Gasteiger partial charge in [-0.05, 0) is 60.0 Å². The largest absolute Gasteiger partial charge is 0.497 e. The number of rotatable bonds is 5. The first-order valence-corrected chi connectivity index (χ1v) is 13.8. The average Bonchev–Trinajstić information content (AvgIpc) is 3.10. The second kappa shape index (κ2) is 10.9. The summed E-state index contributed by atoms with van der Waals surface area (Å²) in [6.07, 6.45) is 0.799. The van der Waals surface area contributed by atoms with Crippen molar-refractivity contribution in [3.8, 4) is 5.75 Å². The molecule has 3 amide bonds. The minimum atomic E-state index is -0.360. The maximum absolute atomic E-state index is 13.8. The summed E-state index contributed by atoms with van der Waals surface area (Å²) in [7, 11) is 1.56. The van der Waals surface area contributed by atoms with Gasteiger partial charge in [0.2, 0.25) is 5.91 Å². The van der Waals surface area contributed by atoms with Crippen LogP contribution in [0.5, 0.6) is 5.75 Å². The van der Waals surface area contributed by atoms with Crippen molar-refractivity contribution in [1.29, 1.82) is 0 Å². The van der Waals surface area contributed by atoms with Crippen molar-refractivity contribution < 1.29 is 19.1 Å². The normalized spacial score (nSPS) is 14.0. The van der Waals surface area contributed by atoms with Crippen LogP contribution in [0.15, 0.2) is 101 Å². The minimum Gasteiger partial charge on any atom is -0.497 e. The van der Waals surface area contributed by atoms with E-state index in [4.69, 9.17) is 4.74 Å². The zero-order chi connectivity index (χ0) is 27.6. The van der Waals surface area contributed by atoms with E-state index >= 15 is 0 Å². The van der Waals surface area contributed by atoms with E-state index in [-0.39, 0.29) is 24.3 Å². The summed E-state index contributed by atoms with van der Waals surface area (Å²) in [5.74, 6) is -0.138. The predicted molar refractivity (Wildman–Crippen MR) is 155 cm³/mol. The van der Waals surface area contributed by atoms with Crippen LogP contribution in [0.4, 0.5) is 11.4 Å². The third kappa shape index (κ3) is 5.05. The average molecular weight is 550 g/mol. The minimum absolute atomic E-state index is 0.0997. The van der Waals surface area contributed by atoms with Crippen molar-refractivity contribution in [2.75, 3.05) is 30.4 Å². The molecule has 0 aromatic heterocycles. The van der Waals surface area contributed by atoms with Gasteiger partial charge >= 0.3 is 0 Å². The van der Waals surface area contributed by atoms with E-state index in [1.165, 1.54) is 22.2 Å². The molecular formula is C32H27N3O4S. The Kier molecular flexibility index (Phi) is 7.00. The molecule has 0 saturated heterocycles. The molecule has 0 unspecified atom stereocenters. The van der Waals surface area contributed by atoms with Crippen molar-refractivity contribution >= 4 is 40.9 Å². The molecule has 0 radical (unpaired) electrons. The summed E-state index contributed by atoms with van der Waals surface area (Å²) >= 11 is 1.46. The van der Waals surface area contributed by atoms with Crippen LogP contribution in [-0.4, -0.2) is 42.8 Å². The Morgan fingerprint density at radius 2 is 1.70 bits per heavy atom. The van der Waals surface area contributed by atoms with Crippen LogP contribution in [0, 0.1) is 0 Å². The molecule has 1 N–H and O–H groups in total. The molecule has 40 heavy (non-hydrogen) atoms. The summed E-state index contributed by atoms with van der Waals surface area (Å²) in [5.41, 5.74) is 4.51. The molecule has 0 fully saturated rings. The maximum Gasteiger partial charge on any atom is 0.259 e. The molecule has 0 aliphatic carbocycles. The number of nitrogens with one attached hydrogen (secondary N) is 1. The second-order valence-electron chi connectivity index (χ2n) is 9.70. The van der Waals surface area contributed by atoms with E-state index in [0.29, 0.717) is 41.3 Å². The van der Waals surface area contributed by atoms with Crippen LogP contribution in [0.2, 0.25) is 0 Å². The number of benzene rings is 4. The van der Waals surface area contributed by atoms with Gasteiger partial charge in [-0.2, -0.15) is 0 Å². The smallest absolute Gasteiger partial charge is 0.259 e. The van der Waals surface area contributed by atoms with Crippen molar-refractivity contribution in [2.24, 2.45) is 0 Å². The van der Waals surface area contributed by atoms with Crippen LogP contribution in [0.25, 0.3) is 0 Å². The maximum atomic E-state index is 13.8. The molecule has 200 valence electrons. The first-order valence-electron chi connectivity index (χ1n) is 13.0. The topological polar surface area (TPSA) is 79.0 Å². The highest BCUT2D eigenvalue weighted by Gasteiger charge is 2.30. The fourth-order valence-corrected chi connectivity index (χ4v) is 6.17. The Morgan fingerprint density at radius 1 is 0.900 bits per heavy atom. The van der Waals surface area contributed by atoms with Gasteiger partial charge in [-0.25, -0.2) is 0 Å². The Bertz CT molecular complexity index is 1640. The van der Waals surface area contributed by atoms with Gasteiger partial charge in [0.15, 0.2) is 0 Å². The fraction of sp³-hybridized carbons (Fsp3) is 0.156. The molecule has 8 heteroatoms. The first kappa shape index (κ1) is 25.7. The number of fused-ring (bicyclic) bond motifs is 3. The molecule has 0 spiro atoms.